The molecule has 0 aromatic carbocycles. The van der Waals surface area contributed by atoms with E-state index in [4.69, 9.17) is 4.74 Å². The molecule has 0 aliphatic carbocycles. The van der Waals surface area contributed by atoms with Gasteiger partial charge in [0, 0.05) is 35.7 Å². The maximum atomic E-state index is 5.55. The van der Waals surface area contributed by atoms with Gasteiger partial charge in [0.1, 0.15) is 6.33 Å². The van der Waals surface area contributed by atoms with E-state index in [-0.39, 0.29) is 0 Å². The molecule has 0 N–H and O–H groups in total. The first kappa shape index (κ1) is 10.4. The van der Waals surface area contributed by atoms with E-state index in [1.54, 1.807) is 6.33 Å². The topological polar surface area (TPSA) is 39.9 Å². The van der Waals surface area contributed by atoms with Crippen LogP contribution < -0.4 is 0 Å². The molecule has 0 spiro atoms. The van der Waals surface area contributed by atoms with Gasteiger partial charge in [0.25, 0.3) is 0 Å². The summed E-state index contributed by atoms with van der Waals surface area (Å²) in [6, 6.07) is 0. The summed E-state index contributed by atoms with van der Waals surface area (Å²) in [5, 5.41) is 4.23. The molecular formula is C9H14IN3O. The van der Waals surface area contributed by atoms with Crippen LogP contribution in [0, 0.1) is 3.83 Å². The number of hydrogen-bond donors (Lipinski definition) is 0. The number of nitrogens with zero attached hydrogens (tertiary/aromatic N) is 3. The molecule has 1 aliphatic heterocycles. The van der Waals surface area contributed by atoms with Gasteiger partial charge in [-0.1, -0.05) is 0 Å². The van der Waals surface area contributed by atoms with Gasteiger partial charge >= 0.3 is 0 Å². The van der Waals surface area contributed by atoms with Crippen LogP contribution >= 0.6 is 22.6 Å². The molecule has 78 valence electrons. The fourth-order valence-electron chi connectivity index (χ4n) is 1.73. The highest BCUT2D eigenvalue weighted by molar-refractivity contribution is 14.1. The van der Waals surface area contributed by atoms with Gasteiger partial charge in [-0.25, -0.2) is 4.98 Å². The number of ether oxygens (including phenoxy) is 1. The van der Waals surface area contributed by atoms with E-state index in [0.717, 1.165) is 29.8 Å². The fraction of sp³-hybridized carbons (Fsp3) is 0.778. The molecular weight excluding hydrogens is 293 g/mol. The zero-order valence-corrected chi connectivity index (χ0v) is 10.2. The minimum atomic E-state index is 0.498. The molecule has 0 amide bonds. The second kappa shape index (κ2) is 5.06. The van der Waals surface area contributed by atoms with Crippen LogP contribution in [0.2, 0.25) is 0 Å². The Morgan fingerprint density at radius 1 is 1.64 bits per heavy atom. The largest absolute Gasteiger partial charge is 0.378 e. The molecule has 2 rings (SSSR count). The monoisotopic (exact) mass is 307 g/mol. The van der Waals surface area contributed by atoms with Gasteiger partial charge in [0.05, 0.1) is 6.10 Å². The smallest absolute Gasteiger partial charge is 0.211 e. The van der Waals surface area contributed by atoms with Gasteiger partial charge in [-0.05, 0) is 25.7 Å². The van der Waals surface area contributed by atoms with Crippen LogP contribution in [0.25, 0.3) is 0 Å². The van der Waals surface area contributed by atoms with Gasteiger partial charge in [0.2, 0.25) is 3.83 Å². The van der Waals surface area contributed by atoms with Crippen LogP contribution in [-0.4, -0.2) is 27.5 Å². The summed E-state index contributed by atoms with van der Waals surface area (Å²) in [4.78, 5) is 4.07. The molecule has 1 aromatic heterocycles. The van der Waals surface area contributed by atoms with E-state index in [2.05, 4.69) is 32.7 Å². The van der Waals surface area contributed by atoms with Crippen molar-refractivity contribution in [2.75, 3.05) is 6.61 Å². The van der Waals surface area contributed by atoms with Crippen LogP contribution in [0.5, 0.6) is 0 Å². The van der Waals surface area contributed by atoms with E-state index in [9.17, 15) is 0 Å². The molecule has 14 heavy (non-hydrogen) atoms. The first-order chi connectivity index (χ1) is 6.84. The van der Waals surface area contributed by atoms with Crippen LogP contribution in [0.4, 0.5) is 0 Å². The Balaban J connectivity index is 1.67. The van der Waals surface area contributed by atoms with Crippen molar-refractivity contribution in [3.8, 4) is 0 Å². The van der Waals surface area contributed by atoms with E-state index < -0.39 is 0 Å². The predicted molar refractivity (Wildman–Crippen MR) is 60.9 cm³/mol. The molecule has 0 radical (unpaired) electrons. The van der Waals surface area contributed by atoms with Gasteiger partial charge in [-0.15, -0.1) is 5.10 Å². The summed E-state index contributed by atoms with van der Waals surface area (Å²) in [6.07, 6.45) is 7.02. The quantitative estimate of drug-likeness (QED) is 0.797. The Hall–Kier alpha value is -0.170. The van der Waals surface area contributed by atoms with Crippen molar-refractivity contribution in [3.63, 3.8) is 0 Å². The predicted octanol–water partition coefficient (Wildman–Crippen LogP) is 1.84. The second-order valence-electron chi connectivity index (χ2n) is 3.55. The Bertz CT molecular complexity index is 283. The molecule has 1 aliphatic rings. The highest BCUT2D eigenvalue weighted by Crippen LogP contribution is 2.16. The van der Waals surface area contributed by atoms with Crippen LogP contribution in [0.15, 0.2) is 6.33 Å². The molecule has 1 saturated heterocycles. The van der Waals surface area contributed by atoms with Crippen LogP contribution in [0.3, 0.4) is 0 Å². The number of aryl methyl sites for hydroxylation is 1. The molecule has 1 atom stereocenters. The molecule has 0 saturated carbocycles. The normalized spacial score (nSPS) is 21.6. The third-order valence-corrected chi connectivity index (χ3v) is 2.94. The second-order valence-corrected chi connectivity index (χ2v) is 4.52. The highest BCUT2D eigenvalue weighted by atomic mass is 127. The van der Waals surface area contributed by atoms with Crippen molar-refractivity contribution < 1.29 is 4.74 Å². The van der Waals surface area contributed by atoms with Gasteiger partial charge in [-0.2, -0.15) is 0 Å². The Kier molecular flexibility index (Phi) is 3.74. The molecule has 2 heterocycles. The lowest BCUT2D eigenvalue weighted by Crippen LogP contribution is -2.07. The molecule has 0 bridgehead atoms. The minimum absolute atomic E-state index is 0.498. The van der Waals surface area contributed by atoms with Gasteiger partial charge in [-0.3, -0.25) is 4.68 Å². The number of rotatable bonds is 4. The van der Waals surface area contributed by atoms with Crippen LogP contribution in [0.1, 0.15) is 25.7 Å². The standard InChI is InChI=1S/C9H14IN3O/c10-9-11-7-13(12-9)5-1-3-8-4-2-6-14-8/h7-8H,1-6H2. The minimum Gasteiger partial charge on any atom is -0.378 e. The summed E-state index contributed by atoms with van der Waals surface area (Å²) in [7, 11) is 0. The molecule has 1 fully saturated rings. The van der Waals surface area contributed by atoms with Gasteiger partial charge < -0.3 is 4.74 Å². The zero-order chi connectivity index (χ0) is 9.80. The van der Waals surface area contributed by atoms with E-state index >= 15 is 0 Å². The number of aromatic nitrogens is 3. The Morgan fingerprint density at radius 3 is 3.21 bits per heavy atom. The van der Waals surface area contributed by atoms with E-state index in [1.807, 2.05) is 4.68 Å². The summed E-state index contributed by atoms with van der Waals surface area (Å²) in [5.41, 5.74) is 0. The van der Waals surface area contributed by atoms with E-state index in [0.29, 0.717) is 6.10 Å². The van der Waals surface area contributed by atoms with Crippen molar-refractivity contribution in [2.24, 2.45) is 0 Å². The first-order valence-corrected chi connectivity index (χ1v) is 6.09. The average Bonchev–Trinajstić information content (AvgIpc) is 2.77. The maximum absolute atomic E-state index is 5.55. The fourth-order valence-corrected chi connectivity index (χ4v) is 2.13. The molecule has 1 aromatic rings. The lowest BCUT2D eigenvalue weighted by atomic mass is 10.1. The zero-order valence-electron chi connectivity index (χ0n) is 8.03. The van der Waals surface area contributed by atoms with Crippen molar-refractivity contribution in [3.05, 3.63) is 10.2 Å². The molecule has 4 nitrogen and oxygen atoms in total. The third-order valence-electron chi connectivity index (χ3n) is 2.45. The molecule has 1 unspecified atom stereocenters. The first-order valence-electron chi connectivity index (χ1n) is 5.01. The van der Waals surface area contributed by atoms with Crippen molar-refractivity contribution in [2.45, 2.75) is 38.3 Å². The van der Waals surface area contributed by atoms with Gasteiger partial charge in [0.15, 0.2) is 0 Å². The summed E-state index contributed by atoms with van der Waals surface area (Å²) in [6.45, 7) is 1.90. The highest BCUT2D eigenvalue weighted by Gasteiger charge is 2.14. The van der Waals surface area contributed by atoms with Crippen molar-refractivity contribution in [1.82, 2.24) is 14.8 Å². The SMILES string of the molecule is Ic1ncn(CCCC2CCCO2)n1. The summed E-state index contributed by atoms with van der Waals surface area (Å²) in [5.74, 6) is 0. The lowest BCUT2D eigenvalue weighted by Gasteiger charge is -2.07. The number of halogens is 1. The Morgan fingerprint density at radius 2 is 2.57 bits per heavy atom. The maximum Gasteiger partial charge on any atom is 0.211 e. The third kappa shape index (κ3) is 2.91. The number of hydrogen-bond acceptors (Lipinski definition) is 3. The summed E-state index contributed by atoms with van der Waals surface area (Å²) < 4.78 is 8.27. The Labute approximate surface area is 97.2 Å². The van der Waals surface area contributed by atoms with Crippen LogP contribution in [-0.2, 0) is 11.3 Å². The average molecular weight is 307 g/mol. The summed E-state index contributed by atoms with van der Waals surface area (Å²) >= 11 is 2.12. The van der Waals surface area contributed by atoms with E-state index in [1.165, 1.54) is 12.8 Å². The lowest BCUT2D eigenvalue weighted by molar-refractivity contribution is 0.101. The van der Waals surface area contributed by atoms with Crippen molar-refractivity contribution >= 4 is 22.6 Å². The van der Waals surface area contributed by atoms with Crippen molar-refractivity contribution in [1.29, 1.82) is 0 Å². The molecule has 5 heteroatoms.